The highest BCUT2D eigenvalue weighted by molar-refractivity contribution is 5.78. The maximum atomic E-state index is 12.6. The molecule has 33 heavy (non-hydrogen) atoms. The van der Waals surface area contributed by atoms with Gasteiger partial charge in [-0.25, -0.2) is 4.79 Å². The van der Waals surface area contributed by atoms with Crippen LogP contribution >= 0.6 is 0 Å². The molecule has 0 unspecified atom stereocenters. The number of carbonyl (C=O) groups excluding carboxylic acids is 1. The number of halogens is 6. The number of amides is 1. The average Bonchev–Trinajstić information content (AvgIpc) is 2.71. The first-order valence-corrected chi connectivity index (χ1v) is 9.74. The Morgan fingerprint density at radius 2 is 1.42 bits per heavy atom. The van der Waals surface area contributed by atoms with Gasteiger partial charge >= 0.3 is 18.3 Å². The van der Waals surface area contributed by atoms with Crippen molar-refractivity contribution in [3.05, 3.63) is 65.7 Å². The first-order chi connectivity index (χ1) is 15.2. The molecule has 0 aliphatic rings. The van der Waals surface area contributed by atoms with Crippen LogP contribution in [-0.2, 0) is 22.2 Å². The molecule has 1 amide bonds. The molecule has 0 saturated heterocycles. The predicted molar refractivity (Wildman–Crippen MR) is 111 cm³/mol. The summed E-state index contributed by atoms with van der Waals surface area (Å²) in [5.41, 5.74) is 0.844. The van der Waals surface area contributed by atoms with E-state index in [0.717, 1.165) is 17.7 Å². The van der Waals surface area contributed by atoms with Crippen LogP contribution in [0.15, 0.2) is 54.6 Å². The monoisotopic (exact) mass is 478 g/mol. The first kappa shape index (κ1) is 27.8. The van der Waals surface area contributed by atoms with Gasteiger partial charge in [-0.2, -0.15) is 26.3 Å². The van der Waals surface area contributed by atoms with Crippen molar-refractivity contribution >= 4 is 17.6 Å². The Morgan fingerprint density at radius 1 is 0.909 bits per heavy atom. The number of carbonyl (C=O) groups is 2. The summed E-state index contributed by atoms with van der Waals surface area (Å²) in [6, 6.07) is 14.3. The largest absolute Gasteiger partial charge is 0.490 e. The third kappa shape index (κ3) is 10.8. The number of nitrogens with one attached hydrogen (secondary N) is 2. The lowest BCUT2D eigenvalue weighted by atomic mass is 10.0. The Balaban J connectivity index is 0.000000675. The Hall–Kier alpha value is -3.24. The van der Waals surface area contributed by atoms with Gasteiger partial charge in [-0.3, -0.25) is 4.79 Å². The highest BCUT2D eigenvalue weighted by atomic mass is 19.4. The number of hydrogen-bond acceptors (Lipinski definition) is 3. The van der Waals surface area contributed by atoms with E-state index in [4.69, 9.17) is 9.90 Å². The summed E-state index contributed by atoms with van der Waals surface area (Å²) in [4.78, 5) is 21.0. The van der Waals surface area contributed by atoms with Crippen molar-refractivity contribution in [1.29, 1.82) is 0 Å². The van der Waals surface area contributed by atoms with Crippen molar-refractivity contribution in [2.24, 2.45) is 5.92 Å². The third-order valence-electron chi connectivity index (χ3n) is 4.34. The predicted octanol–water partition coefficient (Wildman–Crippen LogP) is 5.13. The van der Waals surface area contributed by atoms with E-state index >= 15 is 0 Å². The summed E-state index contributed by atoms with van der Waals surface area (Å²) >= 11 is 0. The normalized spacial score (nSPS) is 12.4. The van der Waals surface area contributed by atoms with Crippen LogP contribution in [0.3, 0.4) is 0 Å². The summed E-state index contributed by atoms with van der Waals surface area (Å²) in [5.74, 6) is -2.65. The number of rotatable bonds is 7. The summed E-state index contributed by atoms with van der Waals surface area (Å²) in [7, 11) is 0. The van der Waals surface area contributed by atoms with Crippen LogP contribution in [0.25, 0.3) is 0 Å². The number of hydrogen-bond donors (Lipinski definition) is 3. The smallest absolute Gasteiger partial charge is 0.475 e. The molecule has 0 aromatic heterocycles. The van der Waals surface area contributed by atoms with Crippen LogP contribution in [0.1, 0.15) is 25.0 Å². The molecule has 182 valence electrons. The van der Waals surface area contributed by atoms with Gasteiger partial charge in [-0.15, -0.1) is 0 Å². The van der Waals surface area contributed by atoms with Crippen molar-refractivity contribution in [1.82, 2.24) is 5.32 Å². The van der Waals surface area contributed by atoms with Gasteiger partial charge in [0.2, 0.25) is 5.91 Å². The Bertz CT molecular complexity index is 882. The summed E-state index contributed by atoms with van der Waals surface area (Å²) in [6.45, 7) is 4.38. The van der Waals surface area contributed by atoms with E-state index in [1.807, 2.05) is 44.2 Å². The van der Waals surface area contributed by atoms with Crippen LogP contribution < -0.4 is 10.6 Å². The summed E-state index contributed by atoms with van der Waals surface area (Å²) < 4.78 is 69.6. The molecule has 2 rings (SSSR count). The van der Waals surface area contributed by atoms with Crippen LogP contribution in [0, 0.1) is 5.92 Å². The molecule has 0 bridgehead atoms. The van der Waals surface area contributed by atoms with Gasteiger partial charge in [0.05, 0.1) is 12.0 Å². The number of carboxylic acids is 1. The molecule has 0 fully saturated rings. The van der Waals surface area contributed by atoms with Crippen molar-refractivity contribution < 1.29 is 41.0 Å². The van der Waals surface area contributed by atoms with Crippen LogP contribution in [-0.4, -0.2) is 35.7 Å². The molecule has 5 nitrogen and oxygen atoms in total. The summed E-state index contributed by atoms with van der Waals surface area (Å²) in [6.07, 6.45) is -9.13. The Kier molecular flexibility index (Phi) is 10.2. The van der Waals surface area contributed by atoms with Gasteiger partial charge in [-0.05, 0) is 35.7 Å². The second kappa shape index (κ2) is 12.1. The maximum absolute atomic E-state index is 12.6. The molecule has 0 radical (unpaired) electrons. The van der Waals surface area contributed by atoms with Crippen molar-refractivity contribution in [2.75, 3.05) is 11.9 Å². The fourth-order valence-electron chi connectivity index (χ4n) is 2.49. The standard InChI is InChI=1S/C20H23F3N2O.C2HF3O2/c1-14(2)18(13-24-19(26)12-15-6-4-3-5-7-15)25-17-10-8-16(9-11-17)20(21,22)23;3-2(4,5)1(6)7/h3-11,14,18,25H,12-13H2,1-2H3,(H,24,26);(H,6,7)/t18-;/m0./s1. The van der Waals surface area contributed by atoms with E-state index in [-0.39, 0.29) is 17.9 Å². The van der Waals surface area contributed by atoms with Gasteiger partial charge in [0.25, 0.3) is 0 Å². The topological polar surface area (TPSA) is 78.4 Å². The number of carboxylic acid groups (broad SMARTS) is 1. The molecule has 3 N–H and O–H groups in total. The van der Waals surface area contributed by atoms with Crippen molar-refractivity contribution in [2.45, 2.75) is 38.7 Å². The molecule has 0 aliphatic carbocycles. The average molecular weight is 478 g/mol. The molecule has 2 aromatic rings. The maximum Gasteiger partial charge on any atom is 0.490 e. The van der Waals surface area contributed by atoms with Crippen LogP contribution in [0.4, 0.5) is 32.0 Å². The highest BCUT2D eigenvalue weighted by Gasteiger charge is 2.38. The zero-order valence-corrected chi connectivity index (χ0v) is 17.8. The van der Waals surface area contributed by atoms with Gasteiger partial charge in [0, 0.05) is 18.3 Å². The minimum Gasteiger partial charge on any atom is -0.475 e. The molecular weight excluding hydrogens is 454 g/mol. The quantitative estimate of drug-likeness (QED) is 0.482. The van der Waals surface area contributed by atoms with Crippen molar-refractivity contribution in [3.63, 3.8) is 0 Å². The SMILES string of the molecule is CC(C)[C@H](CNC(=O)Cc1ccccc1)Nc1ccc(C(F)(F)F)cc1.O=C(O)C(F)(F)F. The Morgan fingerprint density at radius 3 is 1.85 bits per heavy atom. The fourth-order valence-corrected chi connectivity index (χ4v) is 2.49. The lowest BCUT2D eigenvalue weighted by Crippen LogP contribution is -2.40. The molecule has 2 aromatic carbocycles. The number of alkyl halides is 6. The number of aliphatic carboxylic acids is 1. The van der Waals surface area contributed by atoms with Gasteiger partial charge in [0.15, 0.2) is 0 Å². The lowest BCUT2D eigenvalue weighted by Gasteiger charge is -2.24. The molecule has 0 saturated carbocycles. The van der Waals surface area contributed by atoms with E-state index in [1.165, 1.54) is 12.1 Å². The zero-order chi connectivity index (χ0) is 25.2. The van der Waals surface area contributed by atoms with Gasteiger partial charge < -0.3 is 15.7 Å². The van der Waals surface area contributed by atoms with E-state index in [9.17, 15) is 31.1 Å². The molecular formula is C22H24F6N2O3. The third-order valence-corrected chi connectivity index (χ3v) is 4.34. The highest BCUT2D eigenvalue weighted by Crippen LogP contribution is 2.30. The molecule has 0 aliphatic heterocycles. The van der Waals surface area contributed by atoms with E-state index in [2.05, 4.69) is 10.6 Å². The first-order valence-electron chi connectivity index (χ1n) is 9.74. The number of anilines is 1. The minimum atomic E-state index is -5.08. The second-order valence-electron chi connectivity index (χ2n) is 7.34. The molecule has 1 atom stereocenters. The van der Waals surface area contributed by atoms with E-state index in [0.29, 0.717) is 18.7 Å². The second-order valence-corrected chi connectivity index (χ2v) is 7.34. The Labute approximate surface area is 186 Å². The van der Waals surface area contributed by atoms with E-state index in [1.54, 1.807) is 0 Å². The van der Waals surface area contributed by atoms with E-state index < -0.39 is 23.9 Å². The lowest BCUT2D eigenvalue weighted by molar-refractivity contribution is -0.192. The van der Waals surface area contributed by atoms with Crippen molar-refractivity contribution in [3.8, 4) is 0 Å². The molecule has 0 spiro atoms. The van der Waals surface area contributed by atoms with Gasteiger partial charge in [0.1, 0.15) is 0 Å². The van der Waals surface area contributed by atoms with Crippen LogP contribution in [0.2, 0.25) is 0 Å². The van der Waals surface area contributed by atoms with Gasteiger partial charge in [-0.1, -0.05) is 44.2 Å². The molecule has 0 heterocycles. The van der Waals surface area contributed by atoms with Crippen LogP contribution in [0.5, 0.6) is 0 Å². The fraction of sp³-hybridized carbons (Fsp3) is 0.364. The summed E-state index contributed by atoms with van der Waals surface area (Å²) in [5, 5.41) is 13.2. The molecule has 11 heteroatoms. The zero-order valence-electron chi connectivity index (χ0n) is 17.8. The minimum absolute atomic E-state index is 0.0870. The number of benzene rings is 2.